The smallest absolute Gasteiger partial charge is 0.475 e. The van der Waals surface area contributed by atoms with E-state index in [0.717, 1.165) is 16.7 Å². The Hall–Kier alpha value is -7.62. The number of hydrogen-bond donors (Lipinski definition) is 0. The lowest BCUT2D eigenvalue weighted by Crippen LogP contribution is -2.39. The van der Waals surface area contributed by atoms with Gasteiger partial charge in [0.2, 0.25) is 0 Å². The molecule has 1 aliphatic rings. The van der Waals surface area contributed by atoms with Crippen LogP contribution in [-0.4, -0.2) is 109 Å². The highest BCUT2D eigenvalue weighted by molar-refractivity contribution is 7.48. The van der Waals surface area contributed by atoms with Gasteiger partial charge in [0, 0.05) is 44.2 Å². The van der Waals surface area contributed by atoms with E-state index in [1.54, 1.807) is 117 Å². The molecule has 1 aliphatic heterocycles. The Bertz CT molecular complexity index is 3650. The number of phosphoric acid groups is 1. The summed E-state index contributed by atoms with van der Waals surface area (Å²) in [6.45, 7) is 28.1. The largest absolute Gasteiger partial charge is 0.497 e. The van der Waals surface area contributed by atoms with Gasteiger partial charge in [-0.25, -0.2) is 19.0 Å². The molecule has 23 heteroatoms. The number of esters is 2. The van der Waals surface area contributed by atoms with Crippen molar-refractivity contribution in [2.24, 2.45) is 27.7 Å². The van der Waals surface area contributed by atoms with Crippen molar-refractivity contribution < 1.29 is 65.2 Å². The lowest BCUT2D eigenvalue weighted by molar-refractivity contribution is -0.143. The Morgan fingerprint density at radius 3 is 1.66 bits per heavy atom. The molecule has 2 heterocycles. The second kappa shape index (κ2) is 36.6. The number of phosphoric ester groups is 1. The number of nitrogens with zero attached hydrogens (tertiary/aromatic N) is 6. The molecule has 0 bridgehead atoms. The molecule has 6 aromatic rings. The molecule has 4 atom stereocenters. The molecular weight excluding hydrogens is 1300 g/mol. The molecule has 0 spiro atoms. The normalized spacial score (nSPS) is 15.5. The Kier molecular flexibility index (Phi) is 29.1. The van der Waals surface area contributed by atoms with Gasteiger partial charge in [0.1, 0.15) is 40.9 Å². The maximum Gasteiger partial charge on any atom is 0.475 e. The van der Waals surface area contributed by atoms with Gasteiger partial charge in [0.25, 0.3) is 8.53 Å². The van der Waals surface area contributed by atoms with Crippen molar-refractivity contribution in [3.63, 3.8) is 0 Å². The Morgan fingerprint density at radius 1 is 0.697 bits per heavy atom. The van der Waals surface area contributed by atoms with Crippen molar-refractivity contribution in [1.29, 1.82) is 5.26 Å². The van der Waals surface area contributed by atoms with E-state index in [4.69, 9.17) is 56.0 Å². The van der Waals surface area contributed by atoms with Crippen LogP contribution in [0.3, 0.4) is 0 Å². The predicted molar refractivity (Wildman–Crippen MR) is 382 cm³/mol. The minimum atomic E-state index is -4.38. The molecule has 0 saturated carbocycles. The zero-order valence-corrected chi connectivity index (χ0v) is 61.9. The topological polar surface area (TPSA) is 230 Å². The third kappa shape index (κ3) is 23.0. The van der Waals surface area contributed by atoms with Crippen LogP contribution in [0.2, 0.25) is 0 Å². The van der Waals surface area contributed by atoms with Gasteiger partial charge in [0.05, 0.1) is 88.6 Å². The number of carbonyl (C=O) groups excluding carboxylic acids is 2. The van der Waals surface area contributed by atoms with Crippen LogP contribution in [0.5, 0.6) is 23.0 Å². The summed E-state index contributed by atoms with van der Waals surface area (Å²) in [5.41, 5.74) is 0.489. The van der Waals surface area contributed by atoms with Crippen LogP contribution in [0.25, 0.3) is 0 Å². The molecule has 5 aromatic carbocycles. The quantitative estimate of drug-likeness (QED) is 0.00534. The number of ether oxygens (including phenoxy) is 6. The average molecular weight is 1400 g/mol. The number of carbonyl (C=O) groups is 2. The van der Waals surface area contributed by atoms with Gasteiger partial charge in [-0.15, -0.1) is 0 Å². The van der Waals surface area contributed by atoms with E-state index in [0.29, 0.717) is 47.2 Å². The predicted octanol–water partition coefficient (Wildman–Crippen LogP) is 15.7. The maximum atomic E-state index is 14.8. The lowest BCUT2D eigenvalue weighted by atomic mass is 9.80. The van der Waals surface area contributed by atoms with Gasteiger partial charge >= 0.3 is 25.5 Å². The molecule has 0 amide bonds. The van der Waals surface area contributed by atoms with E-state index in [1.807, 2.05) is 78.9 Å². The summed E-state index contributed by atoms with van der Waals surface area (Å²) >= 11 is 0. The Labute approximate surface area is 586 Å². The zero-order chi connectivity index (χ0) is 72.1. The van der Waals surface area contributed by atoms with Gasteiger partial charge in [0.15, 0.2) is 5.82 Å². The number of hydrogen-bond acceptors (Lipinski definition) is 19. The molecule has 0 aliphatic carbocycles. The van der Waals surface area contributed by atoms with Gasteiger partial charge in [-0.2, -0.15) is 10.2 Å². The molecule has 1 aromatic heterocycles. The van der Waals surface area contributed by atoms with Crippen LogP contribution in [0.4, 0.5) is 5.82 Å². The molecule has 1 fully saturated rings. The minimum absolute atomic E-state index is 0.00808. The first-order valence-corrected chi connectivity index (χ1v) is 36.1. The van der Waals surface area contributed by atoms with Crippen molar-refractivity contribution in [2.75, 3.05) is 47.1 Å². The Balaban J connectivity index is 1.26. The molecule has 0 N–H and O–H groups in total. The summed E-state index contributed by atoms with van der Waals surface area (Å²) < 4.78 is 86.8. The molecule has 99 heavy (non-hydrogen) atoms. The number of benzene rings is 5. The van der Waals surface area contributed by atoms with Crippen LogP contribution in [0, 0.1) is 45.8 Å². The van der Waals surface area contributed by atoms with Gasteiger partial charge in [-0.1, -0.05) is 118 Å². The van der Waals surface area contributed by atoms with Crippen molar-refractivity contribution >= 4 is 40.4 Å². The molecule has 0 radical (unpaired) electrons. The van der Waals surface area contributed by atoms with Gasteiger partial charge < -0.3 is 42.4 Å². The van der Waals surface area contributed by atoms with Crippen LogP contribution < -0.4 is 24.6 Å². The average Bonchev–Trinajstić information content (AvgIpc) is 1.17. The molecule has 532 valence electrons. The highest BCUT2D eigenvalue weighted by atomic mass is 31.2. The molecule has 7 rings (SSSR count). The summed E-state index contributed by atoms with van der Waals surface area (Å²) in [5.74, 6) is 8.15. The van der Waals surface area contributed by atoms with E-state index in [2.05, 4.69) is 87.9 Å². The molecule has 21 nitrogen and oxygen atoms in total. The summed E-state index contributed by atoms with van der Waals surface area (Å²) in [7, 11) is -2.99. The first-order valence-electron chi connectivity index (χ1n) is 33.5. The van der Waals surface area contributed by atoms with Crippen LogP contribution in [0.15, 0.2) is 143 Å². The van der Waals surface area contributed by atoms with Gasteiger partial charge in [-0.3, -0.25) is 27.7 Å². The third-order valence-corrected chi connectivity index (χ3v) is 19.0. The van der Waals surface area contributed by atoms with Crippen LogP contribution in [0.1, 0.15) is 156 Å². The summed E-state index contributed by atoms with van der Waals surface area (Å²) in [6.07, 6.45) is 0.916. The number of rotatable bonds is 34. The van der Waals surface area contributed by atoms with Crippen LogP contribution in [-0.2, 0) is 65.1 Å². The van der Waals surface area contributed by atoms with Crippen molar-refractivity contribution in [3.8, 4) is 40.9 Å². The SMILES string of the molecule is COc1ccc(C(OCC2OC(n3cc(C#CCCOP(=O)(OCc4ccc(OC(=O)C(C)(C)C)cc4)OCc4ccc(OC(=O)C(C)(C)C)cc4)c(/N=C/N(CC(C)C)CC(C)C)nc3=O)CC2OP(OCCC#N)N(C(C)C)C(C)C)(c2ccccc2)c2ccc(OC)cc2)cc1. The second-order valence-electron chi connectivity index (χ2n) is 27.5. The van der Waals surface area contributed by atoms with Gasteiger partial charge in [-0.05, 0) is 157 Å². The minimum Gasteiger partial charge on any atom is -0.497 e. The zero-order valence-electron chi connectivity index (χ0n) is 60.1. The van der Waals surface area contributed by atoms with E-state index in [-0.39, 0.29) is 87.6 Å². The van der Waals surface area contributed by atoms with E-state index >= 15 is 0 Å². The van der Waals surface area contributed by atoms with Crippen molar-refractivity contribution in [3.05, 3.63) is 177 Å². The van der Waals surface area contributed by atoms with Crippen LogP contribution >= 0.6 is 16.3 Å². The second-order valence-corrected chi connectivity index (χ2v) is 30.5. The summed E-state index contributed by atoms with van der Waals surface area (Å²) in [6, 6.07) is 40.6. The maximum absolute atomic E-state index is 14.8. The fraction of sp³-hybridized carbons (Fsp3) is 0.474. The number of aliphatic imine (C=N–C) groups is 1. The first-order chi connectivity index (χ1) is 47.0. The van der Waals surface area contributed by atoms with Crippen molar-refractivity contribution in [1.82, 2.24) is 19.1 Å². The number of methoxy groups -OCH3 is 2. The van der Waals surface area contributed by atoms with E-state index in [1.165, 1.54) is 4.57 Å². The summed E-state index contributed by atoms with van der Waals surface area (Å²) in [4.78, 5) is 51.6. The van der Waals surface area contributed by atoms with E-state index in [9.17, 15) is 24.2 Å². The Morgan fingerprint density at radius 2 is 1.19 bits per heavy atom. The monoisotopic (exact) mass is 1400 g/mol. The number of aromatic nitrogens is 2. The standard InChI is InChI=1S/C76H98N6O15P2/c1-53(2)46-80(47-54(3)4)52-78-70-59(23-20-21-44-91-99(86,92-49-57-26-34-65(35-27-57)94-71(83)74(9,10)11)93-50-58-28-36-66(37-29-58)95-72(84)75(12,13)14)48-81(73(85)79-70)69-45-67(97-98(90-43-22-42-77)82(55(5)6)56(7)8)68(96-69)51-89-76(60-24-18-17-19-25-60,61-30-38-63(87-15)39-31-61)62-32-40-64(88-16)41-33-62/h17-19,24-41,48,52-56,67-69H,21-22,43-47,49-51H2,1-16H3/b78-52+. The molecule has 1 saturated heterocycles. The molecular formula is C76H98N6O15P2. The fourth-order valence-corrected chi connectivity index (χ4v) is 13.4. The fourth-order valence-electron chi connectivity index (χ4n) is 10.5. The highest BCUT2D eigenvalue weighted by Gasteiger charge is 2.45. The van der Waals surface area contributed by atoms with E-state index < -0.39 is 68.8 Å². The first kappa shape index (κ1) is 78.7. The third-order valence-electron chi connectivity index (χ3n) is 15.5. The molecule has 4 unspecified atom stereocenters. The summed E-state index contributed by atoms with van der Waals surface area (Å²) in [5, 5.41) is 9.68. The lowest BCUT2D eigenvalue weighted by Gasteiger charge is -2.39. The highest BCUT2D eigenvalue weighted by Crippen LogP contribution is 2.53. The van der Waals surface area contributed by atoms with Crippen molar-refractivity contribution in [2.45, 2.75) is 166 Å². The number of nitriles is 1.